The highest BCUT2D eigenvalue weighted by Crippen LogP contribution is 2.35. The van der Waals surface area contributed by atoms with Gasteiger partial charge in [-0.25, -0.2) is 4.79 Å². The number of ketones is 1. The Bertz CT molecular complexity index is 1260. The maximum absolute atomic E-state index is 13.1. The van der Waals surface area contributed by atoms with Gasteiger partial charge in [0.1, 0.15) is 5.76 Å². The van der Waals surface area contributed by atoms with E-state index in [9.17, 15) is 14.4 Å². The molecular weight excluding hydrogens is 414 g/mol. The molecule has 2 aliphatic heterocycles. The van der Waals surface area contributed by atoms with Crippen molar-refractivity contribution in [3.05, 3.63) is 65.4 Å². The summed E-state index contributed by atoms with van der Waals surface area (Å²) in [6.07, 6.45) is 1.43. The lowest BCUT2D eigenvalue weighted by Crippen LogP contribution is -2.41. The number of ether oxygens (including phenoxy) is 2. The number of Topliss-reactive ketones (excluding diaryl/α,β-unsaturated/α-hetero) is 1. The van der Waals surface area contributed by atoms with E-state index in [0.29, 0.717) is 28.5 Å². The maximum Gasteiger partial charge on any atom is 0.325 e. The van der Waals surface area contributed by atoms with Crippen molar-refractivity contribution in [2.75, 3.05) is 13.3 Å². The van der Waals surface area contributed by atoms with Crippen LogP contribution < -0.4 is 14.8 Å². The van der Waals surface area contributed by atoms with Crippen molar-refractivity contribution >= 4 is 17.7 Å². The number of fused-ring (bicyclic) bond motifs is 1. The first-order chi connectivity index (χ1) is 15.3. The number of aromatic nitrogens is 1. The molecule has 1 unspecified atom stereocenters. The summed E-state index contributed by atoms with van der Waals surface area (Å²) in [4.78, 5) is 39.6. The highest BCUT2D eigenvalue weighted by molar-refractivity contribution is 6.11. The molecule has 5 rings (SSSR count). The van der Waals surface area contributed by atoms with E-state index in [4.69, 9.17) is 13.9 Å². The molecule has 1 fully saturated rings. The van der Waals surface area contributed by atoms with Crippen molar-refractivity contribution in [3.8, 4) is 17.2 Å². The Hall–Kier alpha value is -4.01. The van der Waals surface area contributed by atoms with Gasteiger partial charge in [0, 0.05) is 28.7 Å². The number of nitrogens with zero attached hydrogens (tertiary/aromatic N) is 2. The van der Waals surface area contributed by atoms with Crippen LogP contribution in [0.4, 0.5) is 4.79 Å². The van der Waals surface area contributed by atoms with Gasteiger partial charge in [-0.1, -0.05) is 0 Å². The van der Waals surface area contributed by atoms with Gasteiger partial charge in [-0.15, -0.1) is 0 Å². The quantitative estimate of drug-likeness (QED) is 0.488. The summed E-state index contributed by atoms with van der Waals surface area (Å²) in [5.41, 5.74) is 1.45. The molecule has 0 aliphatic carbocycles. The number of nitrogens with one attached hydrogen (secondary N) is 1. The summed E-state index contributed by atoms with van der Waals surface area (Å²) in [6, 6.07) is 9.93. The lowest BCUT2D eigenvalue weighted by molar-refractivity contribution is -0.131. The third-order valence-corrected chi connectivity index (χ3v) is 5.94. The highest BCUT2D eigenvalue weighted by atomic mass is 16.7. The molecule has 4 heterocycles. The van der Waals surface area contributed by atoms with Crippen LogP contribution in [0.15, 0.2) is 47.1 Å². The minimum Gasteiger partial charge on any atom is -0.466 e. The average molecular weight is 435 g/mol. The number of imide groups is 1. The summed E-state index contributed by atoms with van der Waals surface area (Å²) in [7, 11) is 0. The van der Waals surface area contributed by atoms with E-state index in [1.54, 1.807) is 25.1 Å². The topological polar surface area (TPSA) is 103 Å². The maximum atomic E-state index is 13.1. The highest BCUT2D eigenvalue weighted by Gasteiger charge is 2.51. The van der Waals surface area contributed by atoms with Crippen LogP contribution in [0.1, 0.15) is 34.4 Å². The zero-order valence-corrected chi connectivity index (χ0v) is 17.8. The second kappa shape index (κ2) is 7.01. The van der Waals surface area contributed by atoms with Gasteiger partial charge < -0.3 is 23.8 Å². The minimum absolute atomic E-state index is 0.176. The number of hydrogen-bond donors (Lipinski definition) is 1. The molecule has 0 spiro atoms. The summed E-state index contributed by atoms with van der Waals surface area (Å²) in [5.74, 6) is 0.754. The second-order valence-electron chi connectivity index (χ2n) is 8.00. The molecule has 9 heteroatoms. The predicted octanol–water partition coefficient (Wildman–Crippen LogP) is 3.07. The largest absolute Gasteiger partial charge is 0.466 e. The number of benzene rings is 1. The number of aryl methyl sites for hydroxylation is 1. The monoisotopic (exact) mass is 435 g/mol. The molecule has 1 atom stereocenters. The third-order valence-electron chi connectivity index (χ3n) is 5.94. The van der Waals surface area contributed by atoms with E-state index >= 15 is 0 Å². The van der Waals surface area contributed by atoms with Gasteiger partial charge in [0.25, 0.3) is 5.91 Å². The summed E-state index contributed by atoms with van der Waals surface area (Å²) in [5, 5.41) is 2.63. The normalized spacial score (nSPS) is 19.5. The van der Waals surface area contributed by atoms with Gasteiger partial charge in [0.05, 0.1) is 12.8 Å². The fourth-order valence-corrected chi connectivity index (χ4v) is 4.27. The minimum atomic E-state index is -1.34. The molecule has 9 nitrogen and oxygen atoms in total. The fourth-order valence-electron chi connectivity index (χ4n) is 4.27. The number of carbonyl (C=O) groups excluding carboxylic acids is 3. The third kappa shape index (κ3) is 2.89. The number of amides is 3. The predicted molar refractivity (Wildman–Crippen MR) is 112 cm³/mol. The van der Waals surface area contributed by atoms with Crippen LogP contribution in [0, 0.1) is 13.8 Å². The van der Waals surface area contributed by atoms with Crippen molar-refractivity contribution in [1.29, 1.82) is 0 Å². The van der Waals surface area contributed by atoms with Crippen LogP contribution in [-0.4, -0.2) is 40.5 Å². The van der Waals surface area contributed by atoms with Crippen molar-refractivity contribution in [1.82, 2.24) is 14.8 Å². The van der Waals surface area contributed by atoms with E-state index in [0.717, 1.165) is 16.3 Å². The second-order valence-corrected chi connectivity index (χ2v) is 8.00. The number of hydrogen-bond acceptors (Lipinski definition) is 6. The number of urea groups is 1. The average Bonchev–Trinajstić information content (AvgIpc) is 3.53. The standard InChI is InChI=1S/C23H21N3O6/c1-13-9-16(14(2)26(13)15-6-7-18-19(10-15)32-12-31-18)17(27)11-25-21(28)23(3,24-22(25)29)20-5-4-8-30-20/h4-10H,11-12H2,1-3H3,(H,24,29). The molecule has 3 aromatic rings. The van der Waals surface area contributed by atoms with Gasteiger partial charge in [-0.3, -0.25) is 14.5 Å². The van der Waals surface area contributed by atoms with E-state index in [-0.39, 0.29) is 19.1 Å². The first-order valence-electron chi connectivity index (χ1n) is 10.1. The molecule has 1 aromatic carbocycles. The van der Waals surface area contributed by atoms with Gasteiger partial charge in [0.15, 0.2) is 22.8 Å². The first-order valence-corrected chi connectivity index (χ1v) is 10.1. The molecule has 0 saturated carbocycles. The Balaban J connectivity index is 1.42. The van der Waals surface area contributed by atoms with Crippen LogP contribution in [0.25, 0.3) is 5.69 Å². The van der Waals surface area contributed by atoms with Crippen molar-refractivity contribution in [2.24, 2.45) is 0 Å². The molecule has 1 saturated heterocycles. The molecule has 0 radical (unpaired) electrons. The van der Waals surface area contributed by atoms with Crippen LogP contribution in [0.2, 0.25) is 0 Å². The SMILES string of the molecule is Cc1cc(C(=O)CN2C(=O)NC(C)(c3ccco3)C2=O)c(C)n1-c1ccc2c(c1)OCO2. The zero-order valence-electron chi connectivity index (χ0n) is 17.8. The molecular formula is C23H21N3O6. The van der Waals surface area contributed by atoms with E-state index in [1.807, 2.05) is 36.6 Å². The molecule has 2 aliphatic rings. The van der Waals surface area contributed by atoms with Crippen LogP contribution >= 0.6 is 0 Å². The van der Waals surface area contributed by atoms with Gasteiger partial charge in [0.2, 0.25) is 6.79 Å². The van der Waals surface area contributed by atoms with Crippen molar-refractivity contribution in [3.63, 3.8) is 0 Å². The lowest BCUT2D eigenvalue weighted by atomic mass is 9.99. The summed E-state index contributed by atoms with van der Waals surface area (Å²) < 4.78 is 18.1. The lowest BCUT2D eigenvalue weighted by Gasteiger charge is -2.18. The molecule has 1 N–H and O–H groups in total. The number of furan rings is 1. The smallest absolute Gasteiger partial charge is 0.325 e. The van der Waals surface area contributed by atoms with Crippen LogP contribution in [0.5, 0.6) is 11.5 Å². The number of carbonyl (C=O) groups is 3. The molecule has 164 valence electrons. The van der Waals surface area contributed by atoms with Crippen molar-refractivity contribution < 1.29 is 28.3 Å². The number of rotatable bonds is 5. The van der Waals surface area contributed by atoms with Crippen LogP contribution in [0.3, 0.4) is 0 Å². The Morgan fingerprint density at radius 1 is 1.12 bits per heavy atom. The molecule has 2 aromatic heterocycles. The Kier molecular flexibility index (Phi) is 4.37. The summed E-state index contributed by atoms with van der Waals surface area (Å²) >= 11 is 0. The van der Waals surface area contributed by atoms with E-state index < -0.39 is 17.5 Å². The molecule has 0 bridgehead atoms. The Morgan fingerprint density at radius 2 is 1.91 bits per heavy atom. The van der Waals surface area contributed by atoms with Gasteiger partial charge in [-0.2, -0.15) is 0 Å². The molecule has 32 heavy (non-hydrogen) atoms. The van der Waals surface area contributed by atoms with Gasteiger partial charge >= 0.3 is 6.03 Å². The van der Waals surface area contributed by atoms with Crippen LogP contribution in [-0.2, 0) is 10.3 Å². The summed E-state index contributed by atoms with van der Waals surface area (Å²) in [6.45, 7) is 5.07. The van der Waals surface area contributed by atoms with Crippen molar-refractivity contribution in [2.45, 2.75) is 26.3 Å². The Labute approximate surface area is 183 Å². The van der Waals surface area contributed by atoms with Gasteiger partial charge in [-0.05, 0) is 51.1 Å². The van der Waals surface area contributed by atoms with E-state index in [2.05, 4.69) is 5.32 Å². The Morgan fingerprint density at radius 3 is 2.66 bits per heavy atom. The first kappa shape index (κ1) is 19.9. The zero-order chi connectivity index (χ0) is 22.6. The van der Waals surface area contributed by atoms with E-state index in [1.165, 1.54) is 6.26 Å². The fraction of sp³-hybridized carbons (Fsp3) is 0.261. The molecule has 3 amide bonds.